The van der Waals surface area contributed by atoms with Crippen molar-refractivity contribution in [2.45, 2.75) is 24.7 Å². The summed E-state index contributed by atoms with van der Waals surface area (Å²) in [5, 5.41) is 1.06. The van der Waals surface area contributed by atoms with E-state index in [4.69, 9.17) is 4.55 Å². The maximum atomic E-state index is 11.0. The van der Waals surface area contributed by atoms with Crippen LogP contribution < -0.4 is 0 Å². The number of thiazole rings is 1. The maximum Gasteiger partial charge on any atom is 0.294 e. The molecule has 0 aliphatic rings. The van der Waals surface area contributed by atoms with Gasteiger partial charge in [-0.25, -0.2) is 4.98 Å². The Morgan fingerprint density at radius 1 is 1.05 bits per heavy atom. The van der Waals surface area contributed by atoms with Crippen LogP contribution in [0.1, 0.15) is 16.1 Å². The van der Waals surface area contributed by atoms with Gasteiger partial charge in [-0.15, -0.1) is 11.3 Å². The molecule has 114 valence electrons. The van der Waals surface area contributed by atoms with E-state index in [9.17, 15) is 8.42 Å². The van der Waals surface area contributed by atoms with Crippen molar-refractivity contribution < 1.29 is 13.0 Å². The van der Waals surface area contributed by atoms with Crippen LogP contribution >= 0.6 is 11.3 Å². The van der Waals surface area contributed by atoms with Gasteiger partial charge in [-0.3, -0.25) is 4.55 Å². The van der Waals surface area contributed by atoms with Gasteiger partial charge in [-0.2, -0.15) is 8.42 Å². The SMILES string of the molecule is Cc1nc2ccc(CCc3ccc(S(=O)(=O)O)cc3)cc2s1. The molecule has 0 unspecified atom stereocenters. The zero-order valence-corrected chi connectivity index (χ0v) is 13.6. The summed E-state index contributed by atoms with van der Waals surface area (Å²) in [6.07, 6.45) is 1.69. The molecule has 1 N–H and O–H groups in total. The lowest BCUT2D eigenvalue weighted by molar-refractivity contribution is 0.483. The molecule has 0 spiro atoms. The number of aromatic nitrogens is 1. The molecule has 3 rings (SSSR count). The number of aryl methyl sites for hydroxylation is 3. The van der Waals surface area contributed by atoms with E-state index in [1.807, 2.05) is 13.0 Å². The lowest BCUT2D eigenvalue weighted by atomic mass is 10.0. The van der Waals surface area contributed by atoms with Crippen LogP contribution in [0.25, 0.3) is 10.2 Å². The highest BCUT2D eigenvalue weighted by atomic mass is 32.2. The van der Waals surface area contributed by atoms with Crippen molar-refractivity contribution in [3.63, 3.8) is 0 Å². The minimum atomic E-state index is -4.11. The highest BCUT2D eigenvalue weighted by molar-refractivity contribution is 7.85. The van der Waals surface area contributed by atoms with Gasteiger partial charge >= 0.3 is 0 Å². The Labute approximate surface area is 133 Å². The Morgan fingerprint density at radius 2 is 1.68 bits per heavy atom. The molecule has 22 heavy (non-hydrogen) atoms. The van der Waals surface area contributed by atoms with Gasteiger partial charge in [0.1, 0.15) is 0 Å². The van der Waals surface area contributed by atoms with Crippen LogP contribution in [0, 0.1) is 6.92 Å². The summed E-state index contributed by atoms with van der Waals surface area (Å²) in [6.45, 7) is 2.00. The lowest BCUT2D eigenvalue weighted by Gasteiger charge is -2.03. The van der Waals surface area contributed by atoms with Crippen molar-refractivity contribution in [2.24, 2.45) is 0 Å². The zero-order valence-electron chi connectivity index (χ0n) is 12.0. The second-order valence-corrected chi connectivity index (χ2v) is 7.81. The van der Waals surface area contributed by atoms with E-state index in [-0.39, 0.29) is 4.90 Å². The second-order valence-electron chi connectivity index (χ2n) is 5.15. The van der Waals surface area contributed by atoms with Gasteiger partial charge in [0.2, 0.25) is 0 Å². The molecule has 1 heterocycles. The smallest absolute Gasteiger partial charge is 0.282 e. The monoisotopic (exact) mass is 333 g/mol. The van der Waals surface area contributed by atoms with Gasteiger partial charge in [0.15, 0.2) is 0 Å². The second kappa shape index (κ2) is 5.79. The van der Waals surface area contributed by atoms with E-state index in [0.717, 1.165) is 28.9 Å². The van der Waals surface area contributed by atoms with E-state index in [1.54, 1.807) is 23.5 Å². The molecule has 0 aliphatic heterocycles. The highest BCUT2D eigenvalue weighted by Gasteiger charge is 2.08. The van der Waals surface area contributed by atoms with E-state index in [1.165, 1.54) is 22.4 Å². The van der Waals surface area contributed by atoms with E-state index in [0.29, 0.717) is 0 Å². The number of hydrogen-bond acceptors (Lipinski definition) is 4. The first-order valence-corrected chi connectivity index (χ1v) is 9.10. The van der Waals surface area contributed by atoms with Gasteiger partial charge in [0.05, 0.1) is 20.1 Å². The molecule has 4 nitrogen and oxygen atoms in total. The summed E-state index contributed by atoms with van der Waals surface area (Å²) >= 11 is 1.69. The summed E-state index contributed by atoms with van der Waals surface area (Å²) in [5.41, 5.74) is 3.30. The Morgan fingerprint density at radius 3 is 2.36 bits per heavy atom. The third-order valence-corrected chi connectivity index (χ3v) is 5.28. The van der Waals surface area contributed by atoms with Gasteiger partial charge in [-0.05, 0) is 55.2 Å². The number of rotatable bonds is 4. The summed E-state index contributed by atoms with van der Waals surface area (Å²) in [6, 6.07) is 12.6. The van der Waals surface area contributed by atoms with Crippen molar-refractivity contribution in [2.75, 3.05) is 0 Å². The van der Waals surface area contributed by atoms with Crippen LogP contribution in [-0.2, 0) is 23.0 Å². The van der Waals surface area contributed by atoms with E-state index in [2.05, 4.69) is 17.1 Å². The average molecular weight is 333 g/mol. The molecule has 1 aromatic heterocycles. The molecular weight excluding hydrogens is 318 g/mol. The third kappa shape index (κ3) is 3.35. The Balaban J connectivity index is 1.73. The highest BCUT2D eigenvalue weighted by Crippen LogP contribution is 2.23. The molecule has 0 radical (unpaired) electrons. The molecular formula is C16H15NO3S2. The maximum absolute atomic E-state index is 11.0. The van der Waals surface area contributed by atoms with Gasteiger partial charge in [0, 0.05) is 0 Å². The molecule has 6 heteroatoms. The lowest BCUT2D eigenvalue weighted by Crippen LogP contribution is -1.98. The molecule has 0 atom stereocenters. The van der Waals surface area contributed by atoms with Crippen molar-refractivity contribution in [3.05, 3.63) is 58.6 Å². The number of fused-ring (bicyclic) bond motifs is 1. The summed E-state index contributed by atoms with van der Waals surface area (Å²) in [7, 11) is -4.11. The quantitative estimate of drug-likeness (QED) is 0.740. The summed E-state index contributed by atoms with van der Waals surface area (Å²) in [5.74, 6) is 0. The van der Waals surface area contributed by atoms with E-state index >= 15 is 0 Å². The Bertz CT molecular complexity index is 912. The fraction of sp³-hybridized carbons (Fsp3) is 0.188. The first-order valence-electron chi connectivity index (χ1n) is 6.84. The number of hydrogen-bond donors (Lipinski definition) is 1. The molecule has 2 aromatic carbocycles. The van der Waals surface area contributed by atoms with Gasteiger partial charge in [0.25, 0.3) is 10.1 Å². The van der Waals surface area contributed by atoms with Crippen LogP contribution in [-0.4, -0.2) is 18.0 Å². The topological polar surface area (TPSA) is 67.3 Å². The molecule has 0 amide bonds. The van der Waals surface area contributed by atoms with Crippen molar-refractivity contribution in [1.82, 2.24) is 4.98 Å². The van der Waals surface area contributed by atoms with Gasteiger partial charge < -0.3 is 0 Å². The average Bonchev–Trinajstić information content (AvgIpc) is 2.84. The van der Waals surface area contributed by atoms with E-state index < -0.39 is 10.1 Å². The normalized spacial score (nSPS) is 11.9. The van der Waals surface area contributed by atoms with Crippen LogP contribution in [0.5, 0.6) is 0 Å². The molecule has 0 bridgehead atoms. The van der Waals surface area contributed by atoms with Crippen LogP contribution in [0.4, 0.5) is 0 Å². The minimum Gasteiger partial charge on any atom is -0.282 e. The van der Waals surface area contributed by atoms with Crippen LogP contribution in [0.15, 0.2) is 47.4 Å². The Kier molecular flexibility index (Phi) is 3.99. The summed E-state index contributed by atoms with van der Waals surface area (Å²) < 4.78 is 32.2. The summed E-state index contributed by atoms with van der Waals surface area (Å²) in [4.78, 5) is 4.37. The van der Waals surface area contributed by atoms with Gasteiger partial charge in [-0.1, -0.05) is 18.2 Å². The Hall–Kier alpha value is -1.76. The first kappa shape index (κ1) is 15.1. The molecule has 0 saturated carbocycles. The third-order valence-electron chi connectivity index (χ3n) is 3.48. The predicted molar refractivity (Wildman–Crippen MR) is 88.0 cm³/mol. The molecule has 0 fully saturated rings. The molecule has 3 aromatic rings. The molecule has 0 aliphatic carbocycles. The van der Waals surface area contributed by atoms with Crippen LogP contribution in [0.3, 0.4) is 0 Å². The largest absolute Gasteiger partial charge is 0.294 e. The predicted octanol–water partition coefficient (Wildman–Crippen LogP) is 3.64. The minimum absolute atomic E-state index is 0.0715. The van der Waals surface area contributed by atoms with Crippen LogP contribution in [0.2, 0.25) is 0 Å². The number of benzene rings is 2. The number of nitrogens with zero attached hydrogens (tertiary/aromatic N) is 1. The fourth-order valence-electron chi connectivity index (χ4n) is 2.36. The van der Waals surface area contributed by atoms with Crippen molar-refractivity contribution in [3.8, 4) is 0 Å². The van der Waals surface area contributed by atoms with Crippen molar-refractivity contribution >= 4 is 31.7 Å². The van der Waals surface area contributed by atoms with Crippen molar-refractivity contribution in [1.29, 1.82) is 0 Å². The molecule has 0 saturated heterocycles. The standard InChI is InChI=1S/C16H15NO3S2/c1-11-17-15-9-6-13(10-16(15)21-11)3-2-12-4-7-14(8-5-12)22(18,19)20/h4-10H,2-3H2,1H3,(H,18,19,20). The first-order chi connectivity index (χ1) is 10.4. The fourth-order valence-corrected chi connectivity index (χ4v) is 3.73. The zero-order chi connectivity index (χ0) is 15.7.